The molecule has 10 heteroatoms. The Morgan fingerprint density at radius 3 is 2.61 bits per heavy atom. The molecule has 5 rings (SSSR count). The number of nitrogens with one attached hydrogen (secondary N) is 1. The van der Waals surface area contributed by atoms with Gasteiger partial charge in [0.2, 0.25) is 4.96 Å². The van der Waals surface area contributed by atoms with Crippen LogP contribution in [0, 0.1) is 6.92 Å². The minimum absolute atomic E-state index is 0.175. The van der Waals surface area contributed by atoms with Crippen LogP contribution >= 0.6 is 22.9 Å². The largest absolute Gasteiger partial charge is 0.353 e. The second-order valence-electron chi connectivity index (χ2n) is 7.78. The van der Waals surface area contributed by atoms with Crippen molar-refractivity contribution in [3.05, 3.63) is 75.5 Å². The first-order chi connectivity index (χ1) is 16.0. The first kappa shape index (κ1) is 21.4. The van der Waals surface area contributed by atoms with Gasteiger partial charge in [-0.1, -0.05) is 53.3 Å². The van der Waals surface area contributed by atoms with E-state index < -0.39 is 0 Å². The van der Waals surface area contributed by atoms with Gasteiger partial charge in [0.1, 0.15) is 10.8 Å². The third-order valence-electron chi connectivity index (χ3n) is 5.57. The number of piperazine rings is 1. The molecule has 1 fully saturated rings. The Labute approximate surface area is 199 Å². The highest BCUT2D eigenvalue weighted by Crippen LogP contribution is 2.28. The summed E-state index contributed by atoms with van der Waals surface area (Å²) >= 11 is 7.38. The molecule has 0 radical (unpaired) electrons. The van der Waals surface area contributed by atoms with Crippen LogP contribution in [-0.2, 0) is 0 Å². The van der Waals surface area contributed by atoms with E-state index in [1.54, 1.807) is 29.2 Å². The number of aromatic nitrogens is 3. The predicted molar refractivity (Wildman–Crippen MR) is 132 cm³/mol. The first-order valence-corrected chi connectivity index (χ1v) is 11.7. The summed E-state index contributed by atoms with van der Waals surface area (Å²) in [4.78, 5) is 34.3. The summed E-state index contributed by atoms with van der Waals surface area (Å²) in [6.07, 6.45) is 0. The monoisotopic (exact) mass is 480 g/mol. The normalized spacial score (nSPS) is 14.0. The fourth-order valence-corrected chi connectivity index (χ4v) is 4.97. The summed E-state index contributed by atoms with van der Waals surface area (Å²) in [7, 11) is 0. The average Bonchev–Trinajstić information content (AvgIpc) is 3.24. The number of hydrogen-bond donors (Lipinski definition) is 1. The van der Waals surface area contributed by atoms with Gasteiger partial charge in [-0.25, -0.2) is 9.78 Å². The summed E-state index contributed by atoms with van der Waals surface area (Å²) in [6.45, 7) is 4.21. The molecule has 0 aliphatic carbocycles. The second kappa shape index (κ2) is 8.84. The van der Waals surface area contributed by atoms with Crippen LogP contribution in [0.2, 0.25) is 5.02 Å². The lowest BCUT2D eigenvalue weighted by Gasteiger charge is -2.35. The van der Waals surface area contributed by atoms with Crippen molar-refractivity contribution in [2.45, 2.75) is 6.92 Å². The van der Waals surface area contributed by atoms with Gasteiger partial charge in [-0.3, -0.25) is 4.79 Å². The van der Waals surface area contributed by atoms with Crippen molar-refractivity contribution in [3.63, 3.8) is 0 Å². The molecule has 0 spiro atoms. The Morgan fingerprint density at radius 2 is 1.85 bits per heavy atom. The number of aryl methyl sites for hydroxylation is 1. The van der Waals surface area contributed by atoms with E-state index in [0.717, 1.165) is 16.1 Å². The van der Waals surface area contributed by atoms with Crippen LogP contribution in [0.5, 0.6) is 0 Å². The molecule has 168 valence electrons. The minimum atomic E-state index is -0.216. The average molecular weight is 481 g/mol. The number of anilines is 2. The summed E-state index contributed by atoms with van der Waals surface area (Å²) in [6, 6.07) is 16.3. The number of nitrogens with zero attached hydrogens (tertiary/aromatic N) is 5. The second-order valence-corrected chi connectivity index (χ2v) is 9.18. The third kappa shape index (κ3) is 4.42. The highest BCUT2D eigenvalue weighted by molar-refractivity contribution is 7.19. The molecule has 2 aromatic heterocycles. The summed E-state index contributed by atoms with van der Waals surface area (Å²) in [5.41, 5.74) is 2.53. The molecule has 1 aliphatic rings. The van der Waals surface area contributed by atoms with E-state index in [2.05, 4.69) is 10.4 Å². The molecular weight excluding hydrogens is 460 g/mol. The molecule has 8 nitrogen and oxygen atoms in total. The Morgan fingerprint density at radius 1 is 1.06 bits per heavy atom. The lowest BCUT2D eigenvalue weighted by Crippen LogP contribution is -2.50. The van der Waals surface area contributed by atoms with Crippen molar-refractivity contribution >= 4 is 45.4 Å². The maximum atomic E-state index is 12.7. The molecule has 1 N–H and O–H groups in total. The van der Waals surface area contributed by atoms with Gasteiger partial charge in [0.15, 0.2) is 0 Å². The fraction of sp³-hybridized carbons (Fsp3) is 0.217. The molecule has 0 bridgehead atoms. The highest BCUT2D eigenvalue weighted by atomic mass is 35.5. The van der Waals surface area contributed by atoms with E-state index in [1.807, 2.05) is 36.1 Å². The lowest BCUT2D eigenvalue weighted by molar-refractivity contribution is 0.208. The Balaban J connectivity index is 1.31. The van der Waals surface area contributed by atoms with E-state index >= 15 is 0 Å². The molecule has 2 amide bonds. The number of benzene rings is 2. The number of halogens is 1. The SMILES string of the molecule is Cc1ccccc1-c1nn2c(=O)cc(N3CCN(C(=O)Nc4cccc(Cl)c4)CC3)nc2s1. The Bertz CT molecular complexity index is 1390. The van der Waals surface area contributed by atoms with Gasteiger partial charge < -0.3 is 15.1 Å². The van der Waals surface area contributed by atoms with Crippen molar-refractivity contribution in [1.29, 1.82) is 0 Å². The van der Waals surface area contributed by atoms with Gasteiger partial charge in [0.25, 0.3) is 5.56 Å². The standard InChI is InChI=1S/C23H21ClN6O2S/c1-15-5-2-3-8-18(15)21-27-30-20(31)14-19(26-23(30)33-21)28-9-11-29(12-10-28)22(32)25-17-7-4-6-16(24)13-17/h2-8,13-14H,9-12H2,1H3,(H,25,32). The minimum Gasteiger partial charge on any atom is -0.353 e. The Kier molecular flexibility index (Phi) is 5.74. The zero-order chi connectivity index (χ0) is 22.9. The van der Waals surface area contributed by atoms with Crippen LogP contribution in [0.15, 0.2) is 59.4 Å². The third-order valence-corrected chi connectivity index (χ3v) is 6.75. The molecule has 1 aliphatic heterocycles. The van der Waals surface area contributed by atoms with Crippen molar-refractivity contribution < 1.29 is 4.79 Å². The summed E-state index contributed by atoms with van der Waals surface area (Å²) < 4.78 is 1.35. The number of fused-ring (bicyclic) bond motifs is 1. The van der Waals surface area contributed by atoms with E-state index in [-0.39, 0.29) is 11.6 Å². The van der Waals surface area contributed by atoms with Crippen LogP contribution in [0.1, 0.15) is 5.56 Å². The van der Waals surface area contributed by atoms with Crippen molar-refractivity contribution in [2.24, 2.45) is 0 Å². The lowest BCUT2D eigenvalue weighted by atomic mass is 10.1. The van der Waals surface area contributed by atoms with E-state index in [1.165, 1.54) is 21.9 Å². The van der Waals surface area contributed by atoms with Gasteiger partial charge in [-0.2, -0.15) is 9.61 Å². The predicted octanol–water partition coefficient (Wildman–Crippen LogP) is 4.13. The molecule has 0 atom stereocenters. The van der Waals surface area contributed by atoms with Crippen LogP contribution in [-0.4, -0.2) is 51.7 Å². The van der Waals surface area contributed by atoms with E-state index in [9.17, 15) is 9.59 Å². The molecule has 0 saturated carbocycles. The maximum Gasteiger partial charge on any atom is 0.321 e. The molecular formula is C23H21ClN6O2S. The van der Waals surface area contributed by atoms with Gasteiger partial charge in [-0.15, -0.1) is 0 Å². The number of urea groups is 1. The molecule has 4 aromatic rings. The highest BCUT2D eigenvalue weighted by Gasteiger charge is 2.23. The molecule has 2 aromatic carbocycles. The van der Waals surface area contributed by atoms with Crippen LogP contribution in [0.25, 0.3) is 15.5 Å². The number of hydrogen-bond acceptors (Lipinski definition) is 6. The van der Waals surface area contributed by atoms with Crippen molar-refractivity contribution in [2.75, 3.05) is 36.4 Å². The van der Waals surface area contributed by atoms with Gasteiger partial charge in [-0.05, 0) is 30.7 Å². The Hall–Kier alpha value is -3.43. The summed E-state index contributed by atoms with van der Waals surface area (Å²) in [5, 5.41) is 8.68. The van der Waals surface area contributed by atoms with Crippen LogP contribution in [0.4, 0.5) is 16.3 Å². The first-order valence-electron chi connectivity index (χ1n) is 10.5. The molecule has 33 heavy (non-hydrogen) atoms. The van der Waals surface area contributed by atoms with Gasteiger partial charge >= 0.3 is 6.03 Å². The van der Waals surface area contributed by atoms with Crippen LogP contribution < -0.4 is 15.8 Å². The van der Waals surface area contributed by atoms with Crippen molar-refractivity contribution in [1.82, 2.24) is 19.5 Å². The zero-order valence-electron chi connectivity index (χ0n) is 17.9. The van der Waals surface area contributed by atoms with Gasteiger partial charge in [0.05, 0.1) is 0 Å². The van der Waals surface area contributed by atoms with E-state index in [4.69, 9.17) is 16.6 Å². The van der Waals surface area contributed by atoms with Crippen LogP contribution in [0.3, 0.4) is 0 Å². The fourth-order valence-electron chi connectivity index (χ4n) is 3.79. The number of carbonyl (C=O) groups excluding carboxylic acids is 1. The topological polar surface area (TPSA) is 82.8 Å². The molecule has 0 unspecified atom stereocenters. The molecule has 3 heterocycles. The quantitative estimate of drug-likeness (QED) is 0.476. The number of rotatable bonds is 3. The number of carbonyl (C=O) groups is 1. The molecule has 1 saturated heterocycles. The smallest absolute Gasteiger partial charge is 0.321 e. The van der Waals surface area contributed by atoms with E-state index in [0.29, 0.717) is 47.7 Å². The maximum absolute atomic E-state index is 12.7. The number of amides is 2. The van der Waals surface area contributed by atoms with Gasteiger partial charge in [0, 0.05) is 48.5 Å². The van der Waals surface area contributed by atoms with Crippen molar-refractivity contribution in [3.8, 4) is 10.6 Å². The summed E-state index contributed by atoms with van der Waals surface area (Å²) in [5.74, 6) is 0.606. The zero-order valence-corrected chi connectivity index (χ0v) is 19.4.